The number of rotatable bonds is 16. The van der Waals surface area contributed by atoms with Gasteiger partial charge in [-0.25, -0.2) is 14.4 Å². The van der Waals surface area contributed by atoms with E-state index in [9.17, 15) is 14.4 Å². The van der Waals surface area contributed by atoms with Crippen molar-refractivity contribution in [3.05, 3.63) is 23.7 Å². The third kappa shape index (κ3) is 12.2. The minimum absolute atomic E-state index is 0.0644. The fraction of sp³-hybridized carbons (Fsp3) is 0.774. The van der Waals surface area contributed by atoms with Crippen LogP contribution in [-0.4, -0.2) is 40.9 Å². The molecule has 11 heteroatoms. The summed E-state index contributed by atoms with van der Waals surface area (Å²) >= 11 is 0. The van der Waals surface area contributed by atoms with Gasteiger partial charge in [0, 0.05) is 27.7 Å². The minimum Gasteiger partial charge on any atom is -0.420 e. The van der Waals surface area contributed by atoms with E-state index in [0.717, 1.165) is 25.4 Å². The Morgan fingerprint density at radius 2 is 0.810 bits per heavy atom. The van der Waals surface area contributed by atoms with E-state index in [1.54, 1.807) is 0 Å². The number of hydrogen-bond donors (Lipinski definition) is 0. The number of esters is 2. The van der Waals surface area contributed by atoms with E-state index >= 15 is 0 Å². The van der Waals surface area contributed by atoms with Crippen LogP contribution in [0.3, 0.4) is 0 Å². The lowest BCUT2D eigenvalue weighted by Crippen LogP contribution is -2.41. The SMILES string of the molecule is CCC(C)(C)C(C)(C)OO/C=C(\C)C(=O)OC(C)(C)OC(=O)OC(C)(C)OC(=O)/C(C)=C/OOC(C)(C)C(C)(C)CC. The van der Waals surface area contributed by atoms with Gasteiger partial charge in [-0.3, -0.25) is 0 Å². The van der Waals surface area contributed by atoms with Crippen LogP contribution >= 0.6 is 0 Å². The van der Waals surface area contributed by atoms with Crippen LogP contribution in [0.1, 0.15) is 124 Å². The monoisotopic (exact) mass is 602 g/mol. The number of carbonyl (C=O) groups excluding carboxylic acids is 3. The second-order valence-electron chi connectivity index (χ2n) is 13.5. The molecule has 0 atom stereocenters. The number of hydrogen-bond acceptors (Lipinski definition) is 11. The van der Waals surface area contributed by atoms with Gasteiger partial charge in [0.1, 0.15) is 23.7 Å². The number of ether oxygens (including phenoxy) is 4. The highest BCUT2D eigenvalue weighted by Crippen LogP contribution is 2.37. The molecule has 0 fully saturated rings. The average Bonchev–Trinajstić information content (AvgIpc) is 2.81. The lowest BCUT2D eigenvalue weighted by molar-refractivity contribution is -0.342. The Morgan fingerprint density at radius 1 is 0.524 bits per heavy atom. The van der Waals surface area contributed by atoms with Crippen molar-refractivity contribution in [3.8, 4) is 0 Å². The van der Waals surface area contributed by atoms with Crippen LogP contribution in [0.5, 0.6) is 0 Å². The highest BCUT2D eigenvalue weighted by molar-refractivity contribution is 5.88. The van der Waals surface area contributed by atoms with E-state index in [4.69, 9.17) is 38.5 Å². The van der Waals surface area contributed by atoms with Crippen molar-refractivity contribution in [3.63, 3.8) is 0 Å². The predicted molar refractivity (Wildman–Crippen MR) is 156 cm³/mol. The first-order valence-electron chi connectivity index (χ1n) is 14.2. The van der Waals surface area contributed by atoms with Crippen LogP contribution in [0.15, 0.2) is 23.7 Å². The third-order valence-electron chi connectivity index (χ3n) is 7.97. The van der Waals surface area contributed by atoms with Gasteiger partial charge in [-0.05, 0) is 65.2 Å². The first kappa shape index (κ1) is 39.2. The summed E-state index contributed by atoms with van der Waals surface area (Å²) in [6.07, 6.45) is 2.69. The first-order chi connectivity index (χ1) is 18.7. The Kier molecular flexibility index (Phi) is 13.6. The molecule has 244 valence electrons. The zero-order valence-corrected chi connectivity index (χ0v) is 28.6. The summed E-state index contributed by atoms with van der Waals surface area (Å²) in [5.74, 6) is -5.09. The highest BCUT2D eigenvalue weighted by Gasteiger charge is 2.40. The molecular formula is C31H54O11. The highest BCUT2D eigenvalue weighted by atomic mass is 17.2. The van der Waals surface area contributed by atoms with E-state index in [-0.39, 0.29) is 22.0 Å². The third-order valence-corrected chi connectivity index (χ3v) is 7.97. The molecule has 0 saturated carbocycles. The Labute approximate surface area is 252 Å². The summed E-state index contributed by atoms with van der Waals surface area (Å²) in [5, 5.41) is 0. The Morgan fingerprint density at radius 3 is 1.07 bits per heavy atom. The van der Waals surface area contributed by atoms with Gasteiger partial charge < -0.3 is 28.7 Å². The predicted octanol–water partition coefficient (Wildman–Crippen LogP) is 7.83. The van der Waals surface area contributed by atoms with Crippen molar-refractivity contribution in [2.24, 2.45) is 10.8 Å². The molecule has 0 aliphatic rings. The molecule has 0 aromatic heterocycles. The molecule has 0 aliphatic heterocycles. The zero-order valence-electron chi connectivity index (χ0n) is 28.6. The molecule has 0 heterocycles. The zero-order chi connectivity index (χ0) is 33.4. The van der Waals surface area contributed by atoms with E-state index in [1.165, 1.54) is 41.5 Å². The molecule has 42 heavy (non-hydrogen) atoms. The summed E-state index contributed by atoms with van der Waals surface area (Å²) in [4.78, 5) is 58.9. The molecule has 0 unspecified atom stereocenters. The maximum Gasteiger partial charge on any atom is 0.514 e. The van der Waals surface area contributed by atoms with Crippen molar-refractivity contribution in [1.29, 1.82) is 0 Å². The van der Waals surface area contributed by atoms with Gasteiger partial charge in [0.2, 0.25) is 0 Å². The smallest absolute Gasteiger partial charge is 0.420 e. The first-order valence-corrected chi connectivity index (χ1v) is 14.2. The van der Waals surface area contributed by atoms with Crippen molar-refractivity contribution >= 4 is 18.1 Å². The molecule has 0 spiro atoms. The van der Waals surface area contributed by atoms with Gasteiger partial charge in [0.05, 0.1) is 11.1 Å². The molecule has 0 amide bonds. The van der Waals surface area contributed by atoms with Crippen molar-refractivity contribution < 1.29 is 52.9 Å². The van der Waals surface area contributed by atoms with Crippen LogP contribution in [0, 0.1) is 10.8 Å². The van der Waals surface area contributed by atoms with Gasteiger partial charge in [-0.1, -0.05) is 41.5 Å². The quantitative estimate of drug-likeness (QED) is 0.0428. The standard InChI is InChI=1S/C31H54O11/c1-17-26(5,6)28(9,10)41-35-19-21(3)23(32)37-30(13,14)39-25(34)40-31(15,16)38-24(33)22(4)20-36-42-29(11,12)27(7,8)18-2/h19-20H,17-18H2,1-16H3/b21-19+,22-20+. The second kappa shape index (κ2) is 14.6. The summed E-state index contributed by atoms with van der Waals surface area (Å²) < 4.78 is 20.8. The van der Waals surface area contributed by atoms with E-state index < -0.39 is 40.9 Å². The second-order valence-corrected chi connectivity index (χ2v) is 13.5. The van der Waals surface area contributed by atoms with Crippen LogP contribution in [-0.2, 0) is 48.1 Å². The van der Waals surface area contributed by atoms with Crippen LogP contribution in [0.4, 0.5) is 4.79 Å². The normalized spacial score (nSPS) is 14.2. The Hall–Kier alpha value is -2.79. The van der Waals surface area contributed by atoms with Crippen LogP contribution in [0.25, 0.3) is 0 Å². The summed E-state index contributed by atoms with van der Waals surface area (Å²) in [7, 11) is 0. The average molecular weight is 603 g/mol. The van der Waals surface area contributed by atoms with Gasteiger partial charge in [0.15, 0.2) is 0 Å². The maximum atomic E-state index is 12.5. The molecule has 0 radical (unpaired) electrons. The molecule has 0 bridgehead atoms. The van der Waals surface area contributed by atoms with Crippen LogP contribution < -0.4 is 0 Å². The van der Waals surface area contributed by atoms with Gasteiger partial charge in [0.25, 0.3) is 11.6 Å². The summed E-state index contributed by atoms with van der Waals surface area (Å²) in [6, 6.07) is 0. The maximum absolute atomic E-state index is 12.5. The lowest BCUT2D eigenvalue weighted by Gasteiger charge is -2.38. The minimum atomic E-state index is -1.73. The molecule has 0 aliphatic carbocycles. The molecular weight excluding hydrogens is 548 g/mol. The van der Waals surface area contributed by atoms with Gasteiger partial charge in [-0.2, -0.15) is 9.78 Å². The van der Waals surface area contributed by atoms with E-state index in [1.807, 2.05) is 69.2 Å². The molecule has 0 aromatic carbocycles. The van der Waals surface area contributed by atoms with Crippen molar-refractivity contribution in [1.82, 2.24) is 0 Å². The Bertz CT molecular complexity index is 920. The van der Waals surface area contributed by atoms with Crippen molar-refractivity contribution in [2.45, 2.75) is 146 Å². The lowest BCUT2D eigenvalue weighted by atomic mass is 9.75. The fourth-order valence-corrected chi connectivity index (χ4v) is 2.68. The van der Waals surface area contributed by atoms with E-state index in [2.05, 4.69) is 0 Å². The topological polar surface area (TPSA) is 125 Å². The summed E-state index contributed by atoms with van der Waals surface area (Å²) in [6.45, 7) is 28.1. The molecule has 0 aromatic rings. The van der Waals surface area contributed by atoms with Crippen molar-refractivity contribution in [2.75, 3.05) is 0 Å². The van der Waals surface area contributed by atoms with Crippen LogP contribution in [0.2, 0.25) is 0 Å². The summed E-state index contributed by atoms with van der Waals surface area (Å²) in [5.41, 5.74) is -1.52. The van der Waals surface area contributed by atoms with E-state index in [0.29, 0.717) is 0 Å². The van der Waals surface area contributed by atoms with Gasteiger partial charge >= 0.3 is 18.1 Å². The Balaban J connectivity index is 5.03. The molecule has 0 N–H and O–H groups in total. The largest absolute Gasteiger partial charge is 0.514 e. The molecule has 0 rings (SSSR count). The fourth-order valence-electron chi connectivity index (χ4n) is 2.68. The van der Waals surface area contributed by atoms with Gasteiger partial charge in [-0.15, -0.1) is 0 Å². The number of carbonyl (C=O) groups is 3. The molecule has 0 saturated heterocycles. The molecule has 11 nitrogen and oxygen atoms in total.